The van der Waals surface area contributed by atoms with Crippen molar-refractivity contribution in [2.75, 3.05) is 25.4 Å². The lowest BCUT2D eigenvalue weighted by Gasteiger charge is -2.26. The third-order valence-electron chi connectivity index (χ3n) is 5.61. The molecular weight excluding hydrogens is 468 g/mol. The molecule has 8 nitrogen and oxygen atoms in total. The molecule has 1 aliphatic heterocycles. The molecule has 2 aromatic heterocycles. The van der Waals surface area contributed by atoms with Crippen molar-refractivity contribution in [3.63, 3.8) is 0 Å². The highest BCUT2D eigenvalue weighted by molar-refractivity contribution is 7.99. The Bertz CT molecular complexity index is 1050. The number of rotatable bonds is 10. The van der Waals surface area contributed by atoms with E-state index in [1.54, 1.807) is 11.3 Å². The first-order valence-corrected chi connectivity index (χ1v) is 13.4. The lowest BCUT2D eigenvalue weighted by atomic mass is 10.1. The van der Waals surface area contributed by atoms with Gasteiger partial charge in [0.05, 0.1) is 18.8 Å². The molecule has 0 atom stereocenters. The third-order valence-corrected chi connectivity index (χ3v) is 7.52. The number of aromatic nitrogens is 3. The number of piperidine rings is 1. The molecule has 0 spiro atoms. The molecule has 34 heavy (non-hydrogen) atoms. The van der Waals surface area contributed by atoms with Gasteiger partial charge in [0.15, 0.2) is 5.16 Å². The van der Waals surface area contributed by atoms with E-state index in [9.17, 15) is 9.59 Å². The van der Waals surface area contributed by atoms with E-state index in [0.29, 0.717) is 18.2 Å². The number of nitrogens with one attached hydrogen (secondary N) is 2. The molecule has 1 aliphatic rings. The van der Waals surface area contributed by atoms with E-state index in [1.165, 1.54) is 35.9 Å². The molecule has 4 rings (SSSR count). The normalized spacial score (nSPS) is 14.1. The number of hydrogen-bond acceptors (Lipinski definition) is 7. The minimum absolute atomic E-state index is 0.0922. The number of carbonyl (C=O) groups excluding carboxylic acids is 2. The molecule has 10 heteroatoms. The summed E-state index contributed by atoms with van der Waals surface area (Å²) in [6, 6.07) is 13.7. The van der Waals surface area contributed by atoms with Gasteiger partial charge in [0, 0.05) is 11.4 Å². The van der Waals surface area contributed by atoms with Crippen LogP contribution in [0.15, 0.2) is 53.0 Å². The molecule has 3 amide bonds. The lowest BCUT2D eigenvalue weighted by molar-refractivity contribution is -0.117. The Morgan fingerprint density at radius 2 is 1.82 bits per heavy atom. The summed E-state index contributed by atoms with van der Waals surface area (Å²) >= 11 is 2.95. The number of thioether (sulfide) groups is 1. The highest BCUT2D eigenvalue weighted by Gasteiger charge is 2.19. The zero-order valence-electron chi connectivity index (χ0n) is 19.1. The van der Waals surface area contributed by atoms with E-state index in [4.69, 9.17) is 0 Å². The lowest BCUT2D eigenvalue weighted by Crippen LogP contribution is -2.41. The minimum Gasteiger partial charge on any atom is -0.337 e. The summed E-state index contributed by atoms with van der Waals surface area (Å²) < 4.78 is 2.09. The molecule has 0 saturated carbocycles. The number of nitrogens with zero attached hydrogens (tertiary/aromatic N) is 4. The van der Waals surface area contributed by atoms with Crippen LogP contribution in [-0.2, 0) is 24.3 Å². The van der Waals surface area contributed by atoms with Crippen LogP contribution in [0.25, 0.3) is 0 Å². The quantitative estimate of drug-likeness (QED) is 0.416. The Morgan fingerprint density at radius 1 is 1.00 bits per heavy atom. The van der Waals surface area contributed by atoms with Crippen LogP contribution in [0.1, 0.15) is 35.5 Å². The van der Waals surface area contributed by atoms with Crippen LogP contribution in [0.2, 0.25) is 0 Å². The van der Waals surface area contributed by atoms with E-state index in [-0.39, 0.29) is 11.7 Å². The second-order valence-corrected chi connectivity index (χ2v) is 10.2. The summed E-state index contributed by atoms with van der Waals surface area (Å²) in [6.07, 6.45) is 4.45. The fourth-order valence-electron chi connectivity index (χ4n) is 3.88. The fourth-order valence-corrected chi connectivity index (χ4v) is 5.34. The van der Waals surface area contributed by atoms with Gasteiger partial charge in [0.2, 0.25) is 5.91 Å². The van der Waals surface area contributed by atoms with Crippen LogP contribution in [0.3, 0.4) is 0 Å². The van der Waals surface area contributed by atoms with Crippen molar-refractivity contribution in [1.29, 1.82) is 0 Å². The average Bonchev–Trinajstić information content (AvgIpc) is 3.50. The monoisotopic (exact) mass is 498 g/mol. The minimum atomic E-state index is -0.473. The summed E-state index contributed by atoms with van der Waals surface area (Å²) in [5.74, 6) is 0.639. The molecule has 180 valence electrons. The first kappa shape index (κ1) is 24.4. The number of hydrogen-bond donors (Lipinski definition) is 2. The predicted molar refractivity (Wildman–Crippen MR) is 135 cm³/mol. The van der Waals surface area contributed by atoms with Gasteiger partial charge in [-0.05, 0) is 49.4 Å². The van der Waals surface area contributed by atoms with Gasteiger partial charge in [-0.15, -0.1) is 21.5 Å². The Balaban J connectivity index is 1.32. The first-order valence-electron chi connectivity index (χ1n) is 11.6. The van der Waals surface area contributed by atoms with Crippen molar-refractivity contribution in [2.24, 2.45) is 0 Å². The molecule has 1 saturated heterocycles. The van der Waals surface area contributed by atoms with Gasteiger partial charge < -0.3 is 9.88 Å². The molecule has 0 unspecified atom stereocenters. The summed E-state index contributed by atoms with van der Waals surface area (Å²) in [4.78, 5) is 28.0. The summed E-state index contributed by atoms with van der Waals surface area (Å²) in [7, 11) is 0. The molecule has 0 bridgehead atoms. The second-order valence-electron chi connectivity index (χ2n) is 8.23. The zero-order chi connectivity index (χ0) is 23.6. The second kappa shape index (κ2) is 12.7. The van der Waals surface area contributed by atoms with Crippen molar-refractivity contribution >= 4 is 35.0 Å². The van der Waals surface area contributed by atoms with Crippen LogP contribution in [-0.4, -0.2) is 57.0 Å². The molecular formula is C24H30N6O2S2. The highest BCUT2D eigenvalue weighted by atomic mass is 32.2. The van der Waals surface area contributed by atoms with Gasteiger partial charge in [-0.25, -0.2) is 4.79 Å². The van der Waals surface area contributed by atoms with E-state index in [2.05, 4.69) is 42.4 Å². The van der Waals surface area contributed by atoms with Gasteiger partial charge >= 0.3 is 6.03 Å². The molecule has 1 fully saturated rings. The number of benzene rings is 1. The van der Waals surface area contributed by atoms with E-state index in [0.717, 1.165) is 37.4 Å². The van der Waals surface area contributed by atoms with Crippen molar-refractivity contribution in [3.8, 4) is 0 Å². The zero-order valence-corrected chi connectivity index (χ0v) is 20.7. The number of urea groups is 1. The van der Waals surface area contributed by atoms with Gasteiger partial charge in [-0.3, -0.25) is 15.0 Å². The standard InChI is InChI=1S/C24H30N6O2S2/c31-22(26-23(32)25-12-11-20-10-7-15-33-20)18-34-24-28-27-21(17-29-13-5-2-6-14-29)30(24)16-19-8-3-1-4-9-19/h1,3-4,7-10,15H,2,5-6,11-14,16-18H2,(H2,25,26,31,32). The first-order chi connectivity index (χ1) is 16.7. The Labute approximate surface area is 208 Å². The molecule has 0 aliphatic carbocycles. The van der Waals surface area contributed by atoms with Crippen molar-refractivity contribution in [3.05, 3.63) is 64.1 Å². The Morgan fingerprint density at radius 3 is 2.59 bits per heavy atom. The van der Waals surface area contributed by atoms with Crippen molar-refractivity contribution in [2.45, 2.75) is 43.9 Å². The van der Waals surface area contributed by atoms with E-state index < -0.39 is 6.03 Å². The van der Waals surface area contributed by atoms with Crippen molar-refractivity contribution in [1.82, 2.24) is 30.3 Å². The summed E-state index contributed by atoms with van der Waals surface area (Å²) in [6.45, 7) is 4.02. The number of imide groups is 1. The van der Waals surface area contributed by atoms with Gasteiger partial charge in [-0.1, -0.05) is 54.6 Å². The summed E-state index contributed by atoms with van der Waals surface area (Å²) in [5.41, 5.74) is 1.15. The molecule has 2 N–H and O–H groups in total. The molecule has 3 aromatic rings. The largest absolute Gasteiger partial charge is 0.337 e. The van der Waals surface area contributed by atoms with Crippen LogP contribution in [0.4, 0.5) is 4.79 Å². The number of likely N-dealkylation sites (tertiary alicyclic amines) is 1. The SMILES string of the molecule is O=C(CSc1nnc(CN2CCCCC2)n1Cc1ccccc1)NC(=O)NCCc1cccs1. The maximum Gasteiger partial charge on any atom is 0.321 e. The fraction of sp³-hybridized carbons (Fsp3) is 0.417. The van der Waals surface area contributed by atoms with Crippen molar-refractivity contribution < 1.29 is 9.59 Å². The maximum atomic E-state index is 12.4. The number of thiophene rings is 1. The molecule has 1 aromatic carbocycles. The van der Waals surface area contributed by atoms with Gasteiger partial charge in [-0.2, -0.15) is 0 Å². The van der Waals surface area contributed by atoms with E-state index >= 15 is 0 Å². The number of amides is 3. The third kappa shape index (κ3) is 7.41. The Kier molecular flexibility index (Phi) is 9.12. The van der Waals surface area contributed by atoms with Gasteiger partial charge in [0.25, 0.3) is 0 Å². The van der Waals surface area contributed by atoms with Crippen LogP contribution in [0, 0.1) is 0 Å². The topological polar surface area (TPSA) is 92.2 Å². The maximum absolute atomic E-state index is 12.4. The van der Waals surface area contributed by atoms with Crippen LogP contribution in [0.5, 0.6) is 0 Å². The van der Waals surface area contributed by atoms with Crippen LogP contribution < -0.4 is 10.6 Å². The average molecular weight is 499 g/mol. The molecule has 3 heterocycles. The predicted octanol–water partition coefficient (Wildman–Crippen LogP) is 3.53. The number of carbonyl (C=O) groups is 2. The van der Waals surface area contributed by atoms with Crippen LogP contribution >= 0.6 is 23.1 Å². The Hall–Kier alpha value is -2.69. The molecule has 0 radical (unpaired) electrons. The smallest absolute Gasteiger partial charge is 0.321 e. The van der Waals surface area contributed by atoms with Gasteiger partial charge in [0.1, 0.15) is 5.82 Å². The summed E-state index contributed by atoms with van der Waals surface area (Å²) in [5, 5.41) is 16.6. The highest BCUT2D eigenvalue weighted by Crippen LogP contribution is 2.21. The van der Waals surface area contributed by atoms with E-state index in [1.807, 2.05) is 35.7 Å².